The first-order chi connectivity index (χ1) is 13.7. The number of anilines is 1. The third-order valence-electron chi connectivity index (χ3n) is 5.38. The number of pyridine rings is 1. The molecule has 1 aliphatic rings. The number of carbonyl (C=O) groups is 1. The number of nitrogens with zero attached hydrogens (tertiary/aromatic N) is 3. The summed E-state index contributed by atoms with van der Waals surface area (Å²) in [6, 6.07) is 24.1. The molecule has 1 fully saturated rings. The van der Waals surface area contributed by atoms with Gasteiger partial charge in [0.2, 0.25) is 0 Å². The quantitative estimate of drug-likeness (QED) is 0.669. The molecule has 28 heavy (non-hydrogen) atoms. The molecule has 1 amide bonds. The van der Waals surface area contributed by atoms with E-state index in [4.69, 9.17) is 0 Å². The van der Waals surface area contributed by atoms with Gasteiger partial charge in [0.1, 0.15) is 0 Å². The van der Waals surface area contributed by atoms with Crippen molar-refractivity contribution in [3.63, 3.8) is 0 Å². The van der Waals surface area contributed by atoms with E-state index in [0.29, 0.717) is 5.92 Å². The van der Waals surface area contributed by atoms with Crippen molar-refractivity contribution in [3.8, 4) is 11.3 Å². The number of aromatic nitrogens is 1. The fraction of sp³-hybridized carbons (Fsp3) is 0.250. The molecule has 0 spiro atoms. The summed E-state index contributed by atoms with van der Waals surface area (Å²) < 4.78 is 0. The van der Waals surface area contributed by atoms with Gasteiger partial charge in [0.15, 0.2) is 0 Å². The van der Waals surface area contributed by atoms with Gasteiger partial charge < -0.3 is 9.80 Å². The van der Waals surface area contributed by atoms with E-state index in [0.717, 1.165) is 42.9 Å². The van der Waals surface area contributed by atoms with Gasteiger partial charge in [-0.05, 0) is 48.7 Å². The van der Waals surface area contributed by atoms with E-state index >= 15 is 0 Å². The van der Waals surface area contributed by atoms with Crippen molar-refractivity contribution in [2.75, 3.05) is 31.6 Å². The second kappa shape index (κ2) is 8.26. The van der Waals surface area contributed by atoms with Crippen LogP contribution in [0.3, 0.4) is 0 Å². The Kier molecular flexibility index (Phi) is 5.38. The minimum Gasteiger partial charge on any atom is -0.371 e. The summed E-state index contributed by atoms with van der Waals surface area (Å²) >= 11 is 0. The number of benzene rings is 2. The summed E-state index contributed by atoms with van der Waals surface area (Å²) in [5, 5.41) is 0. The van der Waals surface area contributed by atoms with E-state index in [9.17, 15) is 4.79 Å². The van der Waals surface area contributed by atoms with Crippen molar-refractivity contribution >= 4 is 11.6 Å². The maximum absolute atomic E-state index is 12.8. The zero-order chi connectivity index (χ0) is 19.3. The predicted octanol–water partition coefficient (Wildman–Crippen LogP) is 4.35. The van der Waals surface area contributed by atoms with Gasteiger partial charge in [0, 0.05) is 49.7 Å². The molecule has 1 aromatic heterocycles. The van der Waals surface area contributed by atoms with Crippen molar-refractivity contribution in [2.45, 2.75) is 6.42 Å². The van der Waals surface area contributed by atoms with Crippen LogP contribution in [0.25, 0.3) is 11.3 Å². The van der Waals surface area contributed by atoms with Gasteiger partial charge in [-0.2, -0.15) is 0 Å². The van der Waals surface area contributed by atoms with Crippen LogP contribution in [-0.4, -0.2) is 42.5 Å². The highest BCUT2D eigenvalue weighted by atomic mass is 16.2. The largest absolute Gasteiger partial charge is 0.371 e. The number of hydrogen-bond donors (Lipinski definition) is 0. The molecule has 2 heterocycles. The van der Waals surface area contributed by atoms with Crippen molar-refractivity contribution in [2.24, 2.45) is 5.92 Å². The molecular formula is C24H25N3O. The number of para-hydroxylation sites is 1. The molecule has 1 atom stereocenters. The molecule has 142 valence electrons. The van der Waals surface area contributed by atoms with Gasteiger partial charge in [0.25, 0.3) is 5.91 Å². The molecular weight excluding hydrogens is 346 g/mol. The summed E-state index contributed by atoms with van der Waals surface area (Å²) in [6.07, 6.45) is 2.90. The first-order valence-electron chi connectivity index (χ1n) is 9.77. The monoisotopic (exact) mass is 371 g/mol. The topological polar surface area (TPSA) is 36.4 Å². The summed E-state index contributed by atoms with van der Waals surface area (Å²) in [4.78, 5) is 21.5. The van der Waals surface area contributed by atoms with Gasteiger partial charge in [-0.1, -0.05) is 36.4 Å². The number of amides is 1. The van der Waals surface area contributed by atoms with Gasteiger partial charge in [-0.25, -0.2) is 0 Å². The van der Waals surface area contributed by atoms with Gasteiger partial charge in [-0.3, -0.25) is 9.78 Å². The lowest BCUT2D eigenvalue weighted by atomic mass is 10.1. The van der Waals surface area contributed by atoms with Gasteiger partial charge in [0.05, 0.1) is 5.69 Å². The summed E-state index contributed by atoms with van der Waals surface area (Å²) in [6.45, 7) is 2.83. The Bertz CT molecular complexity index is 910. The van der Waals surface area contributed by atoms with Crippen LogP contribution in [0.15, 0.2) is 79.0 Å². The Hall–Kier alpha value is -3.14. The van der Waals surface area contributed by atoms with E-state index < -0.39 is 0 Å². The minimum atomic E-state index is 0.0748. The smallest absolute Gasteiger partial charge is 0.253 e. The highest BCUT2D eigenvalue weighted by Crippen LogP contribution is 2.24. The van der Waals surface area contributed by atoms with Crippen molar-refractivity contribution < 1.29 is 4.79 Å². The van der Waals surface area contributed by atoms with Crippen LogP contribution in [0.2, 0.25) is 0 Å². The van der Waals surface area contributed by atoms with Crippen LogP contribution in [0.4, 0.5) is 5.69 Å². The maximum atomic E-state index is 12.8. The maximum Gasteiger partial charge on any atom is 0.253 e. The average Bonchev–Trinajstić information content (AvgIpc) is 3.23. The first kappa shape index (κ1) is 18.2. The van der Waals surface area contributed by atoms with Crippen molar-refractivity contribution in [1.82, 2.24) is 9.88 Å². The third kappa shape index (κ3) is 4.06. The van der Waals surface area contributed by atoms with E-state index in [1.54, 1.807) is 6.20 Å². The molecule has 1 aliphatic heterocycles. The lowest BCUT2D eigenvalue weighted by Crippen LogP contribution is -2.33. The second-order valence-electron chi connectivity index (χ2n) is 7.41. The van der Waals surface area contributed by atoms with E-state index in [-0.39, 0.29) is 5.91 Å². The minimum absolute atomic E-state index is 0.0748. The molecule has 0 aliphatic carbocycles. The molecule has 2 aromatic carbocycles. The number of carbonyl (C=O) groups excluding carboxylic acids is 1. The van der Waals surface area contributed by atoms with Crippen LogP contribution in [-0.2, 0) is 0 Å². The second-order valence-corrected chi connectivity index (χ2v) is 7.41. The van der Waals surface area contributed by atoms with Gasteiger partial charge >= 0.3 is 0 Å². The highest BCUT2D eigenvalue weighted by Gasteiger charge is 2.25. The molecule has 3 aromatic rings. The average molecular weight is 371 g/mol. The van der Waals surface area contributed by atoms with Crippen LogP contribution < -0.4 is 4.90 Å². The Labute approximate surface area is 166 Å². The first-order valence-corrected chi connectivity index (χ1v) is 9.77. The molecule has 0 bridgehead atoms. The fourth-order valence-corrected chi connectivity index (χ4v) is 3.86. The van der Waals surface area contributed by atoms with Gasteiger partial charge in [-0.15, -0.1) is 0 Å². The molecule has 0 N–H and O–H groups in total. The zero-order valence-electron chi connectivity index (χ0n) is 16.2. The van der Waals surface area contributed by atoms with Crippen molar-refractivity contribution in [1.29, 1.82) is 0 Å². The highest BCUT2D eigenvalue weighted by molar-refractivity contribution is 5.94. The molecule has 1 saturated heterocycles. The Morgan fingerprint density at radius 1 is 1.04 bits per heavy atom. The summed E-state index contributed by atoms with van der Waals surface area (Å²) in [5.41, 5.74) is 3.93. The zero-order valence-corrected chi connectivity index (χ0v) is 16.2. The molecule has 0 radical (unpaired) electrons. The van der Waals surface area contributed by atoms with Crippen LogP contribution in [0.5, 0.6) is 0 Å². The Morgan fingerprint density at radius 2 is 1.79 bits per heavy atom. The molecule has 0 unspecified atom stereocenters. The van der Waals surface area contributed by atoms with Crippen LogP contribution >= 0.6 is 0 Å². The molecule has 4 nitrogen and oxygen atoms in total. The lowest BCUT2D eigenvalue weighted by molar-refractivity contribution is 0.0776. The standard InChI is InChI=1S/C24H25N3O/c1-26(17-19-14-16-27(18-19)22-7-3-2-4-8-22)24(28)21-12-10-20(11-13-21)23-9-5-6-15-25-23/h2-13,15,19H,14,16-18H2,1H3/t19-/m1/s1. The number of hydrogen-bond acceptors (Lipinski definition) is 3. The SMILES string of the molecule is CN(C[C@H]1CCN(c2ccccc2)C1)C(=O)c1ccc(-c2ccccn2)cc1. The third-order valence-corrected chi connectivity index (χ3v) is 5.38. The molecule has 4 heteroatoms. The predicted molar refractivity (Wildman–Crippen MR) is 113 cm³/mol. The fourth-order valence-electron chi connectivity index (χ4n) is 3.86. The summed E-state index contributed by atoms with van der Waals surface area (Å²) in [5.74, 6) is 0.577. The molecule has 0 saturated carbocycles. The van der Waals surface area contributed by atoms with Crippen molar-refractivity contribution in [3.05, 3.63) is 84.6 Å². The van der Waals surface area contributed by atoms with E-state index in [1.807, 2.05) is 60.5 Å². The normalized spacial score (nSPS) is 16.2. The van der Waals surface area contributed by atoms with E-state index in [2.05, 4.69) is 34.1 Å². The van der Waals surface area contributed by atoms with Crippen LogP contribution in [0, 0.1) is 5.92 Å². The van der Waals surface area contributed by atoms with Crippen LogP contribution in [0.1, 0.15) is 16.8 Å². The lowest BCUT2D eigenvalue weighted by Gasteiger charge is -2.23. The Morgan fingerprint density at radius 3 is 2.50 bits per heavy atom. The molecule has 4 rings (SSSR count). The Balaban J connectivity index is 1.36. The summed E-state index contributed by atoms with van der Waals surface area (Å²) in [7, 11) is 1.90. The number of rotatable bonds is 5. The van der Waals surface area contributed by atoms with E-state index in [1.165, 1.54) is 5.69 Å².